The zero-order valence-electron chi connectivity index (χ0n) is 19.6. The summed E-state index contributed by atoms with van der Waals surface area (Å²) in [5.74, 6) is -0.101. The number of nitrogens with one attached hydrogen (secondary N) is 1. The maximum Gasteiger partial charge on any atom is 0.307 e. The minimum Gasteiger partial charge on any atom is -0.481 e. The number of hydrogen-bond donors (Lipinski definition) is 2. The molecule has 35 heavy (non-hydrogen) atoms. The second-order valence-electron chi connectivity index (χ2n) is 8.40. The third-order valence-corrected chi connectivity index (χ3v) is 6.26. The smallest absolute Gasteiger partial charge is 0.307 e. The summed E-state index contributed by atoms with van der Waals surface area (Å²) in [6.07, 6.45) is 2.23. The van der Waals surface area contributed by atoms with Crippen molar-refractivity contribution in [1.82, 2.24) is 5.32 Å². The molecule has 184 valence electrons. The first-order chi connectivity index (χ1) is 16.7. The molecule has 0 atom stereocenters. The summed E-state index contributed by atoms with van der Waals surface area (Å²) in [6.45, 7) is 0.568. The summed E-state index contributed by atoms with van der Waals surface area (Å²) in [7, 11) is -3.20. The number of rotatable bonds is 12. The molecule has 0 fully saturated rings. The van der Waals surface area contributed by atoms with Gasteiger partial charge in [-0.2, -0.15) is 0 Å². The molecule has 0 aromatic heterocycles. The van der Waals surface area contributed by atoms with Crippen molar-refractivity contribution in [3.63, 3.8) is 0 Å². The molecule has 2 N–H and O–H groups in total. The number of carboxylic acids is 1. The van der Waals surface area contributed by atoms with Gasteiger partial charge in [-0.25, -0.2) is 8.42 Å². The third kappa shape index (κ3) is 9.25. The van der Waals surface area contributed by atoms with Crippen molar-refractivity contribution in [2.75, 3.05) is 18.6 Å². The fourth-order valence-corrected chi connectivity index (χ4v) is 4.14. The van der Waals surface area contributed by atoms with Crippen LogP contribution in [-0.4, -0.2) is 44.0 Å². The molecule has 8 heteroatoms. The molecule has 0 heterocycles. The molecule has 3 aromatic rings. The van der Waals surface area contributed by atoms with E-state index < -0.39 is 15.8 Å². The van der Waals surface area contributed by atoms with Crippen LogP contribution in [0.15, 0.2) is 72.8 Å². The standard InChI is InChI=1S/C27H29NO6S/c1-35(32,33)16-14-23-17-22(19-27(30)31)9-12-25(23)34-24-10-7-21(8-11-24)18-26(29)28-15-13-20-5-3-2-4-6-20/h2-12,17H,13-16,18-19H2,1H3,(H,28,29)(H,30,31). The quantitative estimate of drug-likeness (QED) is 0.397. The lowest BCUT2D eigenvalue weighted by atomic mass is 10.1. The number of aryl methyl sites for hydroxylation is 1. The fraction of sp³-hybridized carbons (Fsp3) is 0.259. The topological polar surface area (TPSA) is 110 Å². The van der Waals surface area contributed by atoms with Crippen LogP contribution in [0, 0.1) is 0 Å². The molecule has 0 spiro atoms. The van der Waals surface area contributed by atoms with Gasteiger partial charge in [0.15, 0.2) is 0 Å². The van der Waals surface area contributed by atoms with Crippen LogP contribution >= 0.6 is 0 Å². The molecule has 0 aliphatic heterocycles. The van der Waals surface area contributed by atoms with Crippen LogP contribution in [-0.2, 0) is 45.1 Å². The molecule has 0 aliphatic rings. The average molecular weight is 496 g/mol. The molecule has 0 saturated carbocycles. The van der Waals surface area contributed by atoms with E-state index in [1.165, 1.54) is 5.56 Å². The van der Waals surface area contributed by atoms with Crippen LogP contribution in [0.3, 0.4) is 0 Å². The number of amides is 1. The minimum atomic E-state index is -3.20. The Hall–Kier alpha value is -3.65. The second-order valence-corrected chi connectivity index (χ2v) is 10.7. The number of sulfone groups is 1. The molecule has 0 radical (unpaired) electrons. The number of benzene rings is 3. The van der Waals surface area contributed by atoms with E-state index in [-0.39, 0.29) is 30.9 Å². The molecule has 3 rings (SSSR count). The van der Waals surface area contributed by atoms with Crippen LogP contribution in [0.25, 0.3) is 0 Å². The van der Waals surface area contributed by atoms with Crippen molar-refractivity contribution in [2.24, 2.45) is 0 Å². The summed E-state index contributed by atoms with van der Waals surface area (Å²) >= 11 is 0. The molecule has 0 saturated heterocycles. The van der Waals surface area contributed by atoms with Gasteiger partial charge in [0.05, 0.1) is 18.6 Å². The number of aliphatic carboxylic acids is 1. The van der Waals surface area contributed by atoms with E-state index in [0.717, 1.165) is 18.2 Å². The SMILES string of the molecule is CS(=O)(=O)CCc1cc(CC(=O)O)ccc1Oc1ccc(CC(=O)NCCc2ccccc2)cc1. The Balaban J connectivity index is 1.60. The first-order valence-electron chi connectivity index (χ1n) is 11.3. The van der Waals surface area contributed by atoms with E-state index in [2.05, 4.69) is 5.32 Å². The number of carbonyl (C=O) groups is 2. The van der Waals surface area contributed by atoms with E-state index in [1.54, 1.807) is 42.5 Å². The first kappa shape index (κ1) is 26.0. The largest absolute Gasteiger partial charge is 0.481 e. The highest BCUT2D eigenvalue weighted by atomic mass is 32.2. The molecule has 0 unspecified atom stereocenters. The van der Waals surface area contributed by atoms with Gasteiger partial charge in [0, 0.05) is 12.8 Å². The van der Waals surface area contributed by atoms with Gasteiger partial charge >= 0.3 is 5.97 Å². The maximum absolute atomic E-state index is 12.3. The minimum absolute atomic E-state index is 0.0633. The molecule has 0 aliphatic carbocycles. The van der Waals surface area contributed by atoms with Crippen molar-refractivity contribution < 1.29 is 27.9 Å². The van der Waals surface area contributed by atoms with Gasteiger partial charge in [-0.05, 0) is 53.3 Å². The molecular weight excluding hydrogens is 466 g/mol. The summed E-state index contributed by atoms with van der Waals surface area (Å²) in [5.41, 5.74) is 3.20. The maximum atomic E-state index is 12.3. The summed E-state index contributed by atoms with van der Waals surface area (Å²) in [4.78, 5) is 23.3. The number of hydrogen-bond acceptors (Lipinski definition) is 5. The lowest BCUT2D eigenvalue weighted by Crippen LogP contribution is -2.27. The highest BCUT2D eigenvalue weighted by Gasteiger charge is 2.12. The Morgan fingerprint density at radius 2 is 1.54 bits per heavy atom. The lowest BCUT2D eigenvalue weighted by Gasteiger charge is -2.13. The number of carbonyl (C=O) groups excluding carboxylic acids is 1. The summed E-state index contributed by atoms with van der Waals surface area (Å²) in [5, 5.41) is 12.0. The molecule has 3 aromatic carbocycles. The van der Waals surface area contributed by atoms with E-state index in [9.17, 15) is 18.0 Å². The number of carboxylic acid groups (broad SMARTS) is 1. The molecular formula is C27H29NO6S. The second kappa shape index (κ2) is 12.2. The Morgan fingerprint density at radius 1 is 0.857 bits per heavy atom. The monoisotopic (exact) mass is 495 g/mol. The predicted octanol–water partition coefficient (Wildman–Crippen LogP) is 3.59. The van der Waals surface area contributed by atoms with E-state index in [0.29, 0.717) is 29.2 Å². The summed E-state index contributed by atoms with van der Waals surface area (Å²) in [6, 6.07) is 22.0. The van der Waals surface area contributed by atoms with Crippen molar-refractivity contribution in [2.45, 2.75) is 25.7 Å². The van der Waals surface area contributed by atoms with Crippen LogP contribution in [0.4, 0.5) is 0 Å². The van der Waals surface area contributed by atoms with Crippen LogP contribution in [0.1, 0.15) is 22.3 Å². The molecule has 0 bridgehead atoms. The zero-order valence-corrected chi connectivity index (χ0v) is 20.4. The normalized spacial score (nSPS) is 11.1. The van der Waals surface area contributed by atoms with E-state index in [1.807, 2.05) is 30.3 Å². The average Bonchev–Trinajstić information content (AvgIpc) is 2.80. The van der Waals surface area contributed by atoms with Crippen molar-refractivity contribution in [1.29, 1.82) is 0 Å². The van der Waals surface area contributed by atoms with Gasteiger partial charge in [0.25, 0.3) is 0 Å². The van der Waals surface area contributed by atoms with E-state index >= 15 is 0 Å². The summed E-state index contributed by atoms with van der Waals surface area (Å²) < 4.78 is 29.2. The van der Waals surface area contributed by atoms with Gasteiger partial charge < -0.3 is 15.2 Å². The van der Waals surface area contributed by atoms with E-state index in [4.69, 9.17) is 9.84 Å². The first-order valence-corrected chi connectivity index (χ1v) is 13.3. The molecule has 7 nitrogen and oxygen atoms in total. The Kier molecular flexibility index (Phi) is 9.03. The van der Waals surface area contributed by atoms with Crippen LogP contribution in [0.5, 0.6) is 11.5 Å². The number of ether oxygens (including phenoxy) is 1. The van der Waals surface area contributed by atoms with Gasteiger partial charge in [-0.1, -0.05) is 54.6 Å². The van der Waals surface area contributed by atoms with Gasteiger partial charge in [-0.15, -0.1) is 0 Å². The van der Waals surface area contributed by atoms with Crippen LogP contribution in [0.2, 0.25) is 0 Å². The van der Waals surface area contributed by atoms with Crippen molar-refractivity contribution in [3.05, 3.63) is 95.1 Å². The van der Waals surface area contributed by atoms with Crippen molar-refractivity contribution in [3.8, 4) is 11.5 Å². The van der Waals surface area contributed by atoms with Gasteiger partial charge in [0.2, 0.25) is 5.91 Å². The molecule has 1 amide bonds. The lowest BCUT2D eigenvalue weighted by molar-refractivity contribution is -0.136. The predicted molar refractivity (Wildman–Crippen MR) is 135 cm³/mol. The van der Waals surface area contributed by atoms with Crippen molar-refractivity contribution >= 4 is 21.7 Å². The Morgan fingerprint density at radius 3 is 2.20 bits per heavy atom. The highest BCUT2D eigenvalue weighted by Crippen LogP contribution is 2.28. The Labute approximate surface area is 205 Å². The Bertz CT molecular complexity index is 1250. The van der Waals surface area contributed by atoms with Crippen LogP contribution < -0.4 is 10.1 Å². The third-order valence-electron chi connectivity index (χ3n) is 5.32. The van der Waals surface area contributed by atoms with Gasteiger partial charge in [-0.3, -0.25) is 9.59 Å². The zero-order chi connectivity index (χ0) is 25.3. The fourth-order valence-electron chi connectivity index (χ4n) is 3.55. The highest BCUT2D eigenvalue weighted by molar-refractivity contribution is 7.90. The van der Waals surface area contributed by atoms with Gasteiger partial charge in [0.1, 0.15) is 21.3 Å².